The van der Waals surface area contributed by atoms with Gasteiger partial charge in [-0.15, -0.1) is 24.0 Å². The summed E-state index contributed by atoms with van der Waals surface area (Å²) in [5, 5.41) is 6.12. The second-order valence-corrected chi connectivity index (χ2v) is 6.56. The van der Waals surface area contributed by atoms with E-state index in [9.17, 15) is 9.59 Å². The van der Waals surface area contributed by atoms with Gasteiger partial charge < -0.3 is 20.3 Å². The van der Waals surface area contributed by atoms with Crippen molar-refractivity contribution in [2.75, 3.05) is 38.6 Å². The van der Waals surface area contributed by atoms with Crippen molar-refractivity contribution < 1.29 is 14.3 Å². The summed E-state index contributed by atoms with van der Waals surface area (Å²) in [6.45, 7) is 6.27. The van der Waals surface area contributed by atoms with Crippen molar-refractivity contribution in [3.8, 4) is 0 Å². The van der Waals surface area contributed by atoms with Gasteiger partial charge in [0.2, 0.25) is 5.91 Å². The maximum atomic E-state index is 12.3. The van der Waals surface area contributed by atoms with Crippen LogP contribution in [0.3, 0.4) is 0 Å². The van der Waals surface area contributed by atoms with E-state index in [2.05, 4.69) is 27.4 Å². The van der Waals surface area contributed by atoms with Crippen molar-refractivity contribution in [2.24, 2.45) is 10.9 Å². The van der Waals surface area contributed by atoms with E-state index in [4.69, 9.17) is 4.74 Å². The molecule has 1 aliphatic heterocycles. The van der Waals surface area contributed by atoms with Gasteiger partial charge in [-0.3, -0.25) is 9.59 Å². The molecule has 1 heterocycles. The summed E-state index contributed by atoms with van der Waals surface area (Å²) < 4.78 is 4.83. The monoisotopic (exact) mass is 502 g/mol. The lowest BCUT2D eigenvalue weighted by atomic mass is 9.97. The van der Waals surface area contributed by atoms with E-state index in [1.807, 2.05) is 31.2 Å². The van der Waals surface area contributed by atoms with Crippen LogP contribution in [0.2, 0.25) is 0 Å². The van der Waals surface area contributed by atoms with E-state index in [1.54, 1.807) is 0 Å². The molecule has 0 bridgehead atoms. The summed E-state index contributed by atoms with van der Waals surface area (Å²) in [5.41, 5.74) is 1.97. The molecule has 2 rings (SSSR count). The Morgan fingerprint density at radius 3 is 2.57 bits per heavy atom. The lowest BCUT2D eigenvalue weighted by Gasteiger charge is -2.33. The number of esters is 1. The molecule has 156 valence electrons. The third-order valence-electron chi connectivity index (χ3n) is 4.66. The van der Waals surface area contributed by atoms with Crippen LogP contribution in [0.5, 0.6) is 0 Å². The van der Waals surface area contributed by atoms with Crippen LogP contribution in [0.1, 0.15) is 32.3 Å². The maximum Gasteiger partial charge on any atom is 0.308 e. The predicted octanol–water partition coefficient (Wildman–Crippen LogP) is 2.66. The van der Waals surface area contributed by atoms with E-state index in [0.717, 1.165) is 31.5 Å². The van der Waals surface area contributed by atoms with Gasteiger partial charge in [-0.05, 0) is 43.9 Å². The molecule has 1 aliphatic rings. The zero-order valence-electron chi connectivity index (χ0n) is 16.9. The normalized spacial score (nSPS) is 14.8. The van der Waals surface area contributed by atoms with Gasteiger partial charge in [0, 0.05) is 25.3 Å². The fourth-order valence-electron chi connectivity index (χ4n) is 3.14. The Hall–Kier alpha value is -1.84. The van der Waals surface area contributed by atoms with Crippen LogP contribution < -0.4 is 10.6 Å². The number of amides is 1. The summed E-state index contributed by atoms with van der Waals surface area (Å²) in [6, 6.07) is 7.83. The first-order valence-electron chi connectivity index (χ1n) is 9.57. The molecule has 1 aromatic carbocycles. The fraction of sp³-hybridized carbons (Fsp3) is 0.550. The summed E-state index contributed by atoms with van der Waals surface area (Å²) in [4.78, 5) is 30.5. The summed E-state index contributed by atoms with van der Waals surface area (Å²) in [5.74, 6) is 0.356. The molecule has 8 heteroatoms. The van der Waals surface area contributed by atoms with Gasteiger partial charge in [-0.2, -0.15) is 0 Å². The number of hydrogen-bond donors (Lipinski definition) is 2. The lowest BCUT2D eigenvalue weighted by Crippen LogP contribution is -2.47. The summed E-state index contributed by atoms with van der Waals surface area (Å²) in [6.07, 6.45) is 2.38. The number of piperidine rings is 1. The number of aryl methyl sites for hydroxylation is 1. The number of halogens is 1. The van der Waals surface area contributed by atoms with E-state index < -0.39 is 0 Å². The second kappa shape index (κ2) is 12.6. The molecule has 2 N–H and O–H groups in total. The quantitative estimate of drug-likeness (QED) is 0.271. The van der Waals surface area contributed by atoms with E-state index >= 15 is 0 Å². The molecule has 1 fully saturated rings. The molecular formula is C20H31IN4O3. The third-order valence-corrected chi connectivity index (χ3v) is 4.66. The van der Waals surface area contributed by atoms with Crippen molar-refractivity contribution in [1.29, 1.82) is 0 Å². The van der Waals surface area contributed by atoms with Crippen LogP contribution in [0.25, 0.3) is 0 Å². The van der Waals surface area contributed by atoms with E-state index in [-0.39, 0.29) is 48.3 Å². The Morgan fingerprint density at radius 1 is 1.25 bits per heavy atom. The average Bonchev–Trinajstić information content (AvgIpc) is 2.70. The predicted molar refractivity (Wildman–Crippen MR) is 122 cm³/mol. The van der Waals surface area contributed by atoms with Gasteiger partial charge in [0.1, 0.15) is 6.54 Å². The van der Waals surface area contributed by atoms with Crippen LogP contribution in [-0.4, -0.2) is 56.0 Å². The molecule has 0 aromatic heterocycles. The zero-order chi connectivity index (χ0) is 19.6. The topological polar surface area (TPSA) is 83.0 Å². The Labute approximate surface area is 184 Å². The average molecular weight is 502 g/mol. The lowest BCUT2D eigenvalue weighted by molar-refractivity contribution is -0.146. The van der Waals surface area contributed by atoms with Crippen molar-refractivity contribution >= 4 is 47.5 Å². The van der Waals surface area contributed by atoms with Crippen molar-refractivity contribution in [3.05, 3.63) is 29.8 Å². The van der Waals surface area contributed by atoms with Crippen molar-refractivity contribution in [1.82, 2.24) is 10.2 Å². The van der Waals surface area contributed by atoms with Gasteiger partial charge >= 0.3 is 5.97 Å². The number of methoxy groups -OCH3 is 1. The van der Waals surface area contributed by atoms with Crippen molar-refractivity contribution in [2.45, 2.75) is 33.1 Å². The molecule has 0 atom stereocenters. The van der Waals surface area contributed by atoms with Crippen LogP contribution in [0.15, 0.2) is 29.3 Å². The molecule has 1 aromatic rings. The number of ether oxygens (including phenoxy) is 1. The highest BCUT2D eigenvalue weighted by Gasteiger charge is 2.27. The first-order valence-corrected chi connectivity index (χ1v) is 9.57. The Balaban J connectivity index is 0.00000392. The van der Waals surface area contributed by atoms with E-state index in [0.29, 0.717) is 19.0 Å². The van der Waals surface area contributed by atoms with Gasteiger partial charge in [0.15, 0.2) is 5.96 Å². The number of nitrogens with one attached hydrogen (secondary N) is 2. The fourth-order valence-corrected chi connectivity index (χ4v) is 3.14. The number of anilines is 1. The number of aliphatic imine (C=N–C) groups is 1. The molecule has 1 saturated heterocycles. The Bertz CT molecular complexity index is 673. The molecule has 7 nitrogen and oxygen atoms in total. The van der Waals surface area contributed by atoms with Gasteiger partial charge in [-0.1, -0.05) is 19.1 Å². The standard InChI is InChI=1S/C20H30N4O3.HI/c1-4-15-7-6-8-17(13-15)23-18(25)14-22-20(21-5-2)24-11-9-16(10-12-24)19(26)27-3;/h6-8,13,16H,4-5,9-12,14H2,1-3H3,(H,21,22)(H,23,25);1H. The molecule has 0 spiro atoms. The highest BCUT2D eigenvalue weighted by atomic mass is 127. The Morgan fingerprint density at radius 2 is 1.96 bits per heavy atom. The van der Waals surface area contributed by atoms with Gasteiger partial charge in [0.25, 0.3) is 0 Å². The van der Waals surface area contributed by atoms with Crippen LogP contribution in [-0.2, 0) is 20.7 Å². The Kier molecular flexibility index (Phi) is 10.9. The molecule has 1 amide bonds. The number of guanidine groups is 1. The zero-order valence-corrected chi connectivity index (χ0v) is 19.2. The minimum absolute atomic E-state index is 0. The van der Waals surface area contributed by atoms with Crippen LogP contribution in [0.4, 0.5) is 5.69 Å². The van der Waals surface area contributed by atoms with Crippen molar-refractivity contribution in [3.63, 3.8) is 0 Å². The van der Waals surface area contributed by atoms with Crippen LogP contribution >= 0.6 is 24.0 Å². The number of hydrogen-bond acceptors (Lipinski definition) is 4. The highest BCUT2D eigenvalue weighted by molar-refractivity contribution is 14.0. The third kappa shape index (κ3) is 7.29. The number of carbonyl (C=O) groups is 2. The molecule has 0 saturated carbocycles. The number of likely N-dealkylation sites (tertiary alicyclic amines) is 1. The number of benzene rings is 1. The van der Waals surface area contributed by atoms with Gasteiger partial charge in [0.05, 0.1) is 13.0 Å². The first kappa shape index (κ1) is 24.2. The summed E-state index contributed by atoms with van der Waals surface area (Å²) in [7, 11) is 1.43. The van der Waals surface area contributed by atoms with E-state index in [1.165, 1.54) is 12.7 Å². The second-order valence-electron chi connectivity index (χ2n) is 6.56. The SMILES string of the molecule is CCNC(=NCC(=O)Nc1cccc(CC)c1)N1CCC(C(=O)OC)CC1.I. The first-order chi connectivity index (χ1) is 13.1. The smallest absolute Gasteiger partial charge is 0.308 e. The molecule has 0 radical (unpaired) electrons. The van der Waals surface area contributed by atoms with Gasteiger partial charge in [-0.25, -0.2) is 4.99 Å². The summed E-state index contributed by atoms with van der Waals surface area (Å²) >= 11 is 0. The minimum atomic E-state index is -0.150. The molecule has 28 heavy (non-hydrogen) atoms. The number of carbonyl (C=O) groups excluding carboxylic acids is 2. The highest BCUT2D eigenvalue weighted by Crippen LogP contribution is 2.18. The van der Waals surface area contributed by atoms with Crippen LogP contribution in [0, 0.1) is 5.92 Å². The number of nitrogens with zero attached hydrogens (tertiary/aromatic N) is 2. The maximum absolute atomic E-state index is 12.3. The largest absolute Gasteiger partial charge is 0.469 e. The minimum Gasteiger partial charge on any atom is -0.469 e. The molecule has 0 aliphatic carbocycles. The number of rotatable bonds is 6. The molecular weight excluding hydrogens is 471 g/mol. The molecule has 0 unspecified atom stereocenters.